The lowest BCUT2D eigenvalue weighted by atomic mass is 10.1. The average molecular weight is 317 g/mol. The first kappa shape index (κ1) is 16.0. The van der Waals surface area contributed by atoms with Crippen LogP contribution in [-0.2, 0) is 16.0 Å². The Morgan fingerprint density at radius 3 is 3.00 bits per heavy atom. The minimum Gasteiger partial charge on any atom is -0.376 e. The number of imide groups is 1. The van der Waals surface area contributed by atoms with Crippen LogP contribution < -0.4 is 16.0 Å². The van der Waals surface area contributed by atoms with Crippen LogP contribution in [0.1, 0.15) is 36.4 Å². The van der Waals surface area contributed by atoms with E-state index in [1.165, 1.54) is 5.56 Å². The molecule has 1 fully saturated rings. The second-order valence-corrected chi connectivity index (χ2v) is 6.05. The Kier molecular flexibility index (Phi) is 5.25. The molecule has 0 radical (unpaired) electrons. The Labute approximate surface area is 136 Å². The first-order chi connectivity index (χ1) is 11.2. The molecule has 1 aliphatic carbocycles. The number of morpholine rings is 1. The molecule has 1 saturated heterocycles. The lowest BCUT2D eigenvalue weighted by Gasteiger charge is -2.23. The molecule has 6 heteroatoms. The molecule has 1 aromatic carbocycles. The summed E-state index contributed by atoms with van der Waals surface area (Å²) in [5, 5.41) is 8.52. The smallest absolute Gasteiger partial charge is 0.321 e. The predicted molar refractivity (Wildman–Crippen MR) is 86.0 cm³/mol. The van der Waals surface area contributed by atoms with Crippen molar-refractivity contribution in [2.24, 2.45) is 0 Å². The molecule has 0 saturated carbocycles. The third-order valence-electron chi connectivity index (χ3n) is 4.39. The number of fused-ring (bicyclic) bond motifs is 1. The lowest BCUT2D eigenvalue weighted by Crippen LogP contribution is -2.42. The molecule has 0 spiro atoms. The Morgan fingerprint density at radius 1 is 1.30 bits per heavy atom. The monoisotopic (exact) mass is 317 g/mol. The number of ether oxygens (including phenoxy) is 1. The quantitative estimate of drug-likeness (QED) is 0.781. The van der Waals surface area contributed by atoms with E-state index >= 15 is 0 Å². The van der Waals surface area contributed by atoms with Crippen molar-refractivity contribution >= 4 is 11.9 Å². The van der Waals surface area contributed by atoms with Gasteiger partial charge in [0.1, 0.15) is 0 Å². The summed E-state index contributed by atoms with van der Waals surface area (Å²) < 4.78 is 5.54. The van der Waals surface area contributed by atoms with Crippen molar-refractivity contribution in [3.8, 4) is 0 Å². The van der Waals surface area contributed by atoms with E-state index < -0.39 is 6.03 Å². The van der Waals surface area contributed by atoms with Crippen LogP contribution in [0.3, 0.4) is 0 Å². The molecule has 124 valence electrons. The predicted octanol–water partition coefficient (Wildman–Crippen LogP) is 1.27. The normalized spacial score (nSPS) is 23.1. The SMILES string of the molecule is O=C(CCC1CNCCO1)NC(=O)NC1CCc2ccccc21. The summed E-state index contributed by atoms with van der Waals surface area (Å²) in [5.41, 5.74) is 2.42. The molecular formula is C17H23N3O3. The molecule has 1 aliphatic heterocycles. The van der Waals surface area contributed by atoms with Gasteiger partial charge in [0, 0.05) is 19.5 Å². The third kappa shape index (κ3) is 4.30. The summed E-state index contributed by atoms with van der Waals surface area (Å²) in [6.07, 6.45) is 2.81. The highest BCUT2D eigenvalue weighted by molar-refractivity contribution is 5.94. The van der Waals surface area contributed by atoms with Gasteiger partial charge in [0.05, 0.1) is 18.8 Å². The zero-order chi connectivity index (χ0) is 16.1. The van der Waals surface area contributed by atoms with E-state index in [2.05, 4.69) is 22.0 Å². The summed E-state index contributed by atoms with van der Waals surface area (Å²) in [6, 6.07) is 7.66. The number of carbonyl (C=O) groups is 2. The highest BCUT2D eigenvalue weighted by Crippen LogP contribution is 2.30. The van der Waals surface area contributed by atoms with Gasteiger partial charge in [0.25, 0.3) is 0 Å². The van der Waals surface area contributed by atoms with E-state index in [9.17, 15) is 9.59 Å². The highest BCUT2D eigenvalue weighted by Gasteiger charge is 2.24. The van der Waals surface area contributed by atoms with E-state index in [1.807, 2.05) is 18.2 Å². The maximum Gasteiger partial charge on any atom is 0.321 e. The van der Waals surface area contributed by atoms with Gasteiger partial charge in [-0.25, -0.2) is 4.79 Å². The van der Waals surface area contributed by atoms with Gasteiger partial charge in [-0.15, -0.1) is 0 Å². The standard InChI is InChI=1S/C17H23N3O3/c21-16(8-6-13-11-18-9-10-23-13)20-17(22)19-15-7-5-12-3-1-2-4-14(12)15/h1-4,13,15,18H,5-11H2,(H2,19,20,21,22). The molecule has 3 amide bonds. The number of hydrogen-bond donors (Lipinski definition) is 3. The summed E-state index contributed by atoms with van der Waals surface area (Å²) >= 11 is 0. The zero-order valence-corrected chi connectivity index (χ0v) is 13.1. The molecule has 1 aromatic rings. The molecule has 2 unspecified atom stereocenters. The van der Waals surface area contributed by atoms with Gasteiger partial charge in [-0.1, -0.05) is 24.3 Å². The first-order valence-corrected chi connectivity index (χ1v) is 8.23. The Balaban J connectivity index is 1.41. The van der Waals surface area contributed by atoms with Crippen molar-refractivity contribution in [1.82, 2.24) is 16.0 Å². The second kappa shape index (κ2) is 7.57. The van der Waals surface area contributed by atoms with E-state index in [-0.39, 0.29) is 18.1 Å². The number of aryl methyl sites for hydroxylation is 1. The van der Waals surface area contributed by atoms with Gasteiger partial charge < -0.3 is 15.4 Å². The molecule has 3 rings (SSSR count). The molecule has 0 aromatic heterocycles. The van der Waals surface area contributed by atoms with Crippen LogP contribution in [-0.4, -0.2) is 37.7 Å². The minimum absolute atomic E-state index is 0.00937. The van der Waals surface area contributed by atoms with E-state index in [0.717, 1.165) is 31.5 Å². The Hall–Kier alpha value is -1.92. The van der Waals surface area contributed by atoms with Crippen LogP contribution in [0.15, 0.2) is 24.3 Å². The summed E-state index contributed by atoms with van der Waals surface area (Å²) in [5.74, 6) is -0.261. The van der Waals surface area contributed by atoms with E-state index in [4.69, 9.17) is 4.74 Å². The van der Waals surface area contributed by atoms with Gasteiger partial charge in [-0.05, 0) is 30.4 Å². The van der Waals surface area contributed by atoms with Crippen LogP contribution in [0.2, 0.25) is 0 Å². The topological polar surface area (TPSA) is 79.5 Å². The van der Waals surface area contributed by atoms with Crippen molar-refractivity contribution in [2.45, 2.75) is 37.8 Å². The fourth-order valence-corrected chi connectivity index (χ4v) is 3.19. The molecule has 1 heterocycles. The fourth-order valence-electron chi connectivity index (χ4n) is 3.19. The molecule has 0 bridgehead atoms. The van der Waals surface area contributed by atoms with Crippen molar-refractivity contribution in [2.75, 3.05) is 19.7 Å². The largest absolute Gasteiger partial charge is 0.376 e. The van der Waals surface area contributed by atoms with Crippen LogP contribution in [0.4, 0.5) is 4.79 Å². The number of hydrogen-bond acceptors (Lipinski definition) is 4. The Morgan fingerprint density at radius 2 is 2.17 bits per heavy atom. The number of amides is 3. The number of rotatable bonds is 4. The van der Waals surface area contributed by atoms with Crippen LogP contribution in [0.25, 0.3) is 0 Å². The third-order valence-corrected chi connectivity index (χ3v) is 4.39. The first-order valence-electron chi connectivity index (χ1n) is 8.23. The average Bonchev–Trinajstić information content (AvgIpc) is 2.97. The van der Waals surface area contributed by atoms with Crippen molar-refractivity contribution in [1.29, 1.82) is 0 Å². The van der Waals surface area contributed by atoms with Gasteiger partial charge in [-0.2, -0.15) is 0 Å². The van der Waals surface area contributed by atoms with Crippen LogP contribution in [0.5, 0.6) is 0 Å². The second-order valence-electron chi connectivity index (χ2n) is 6.05. The highest BCUT2D eigenvalue weighted by atomic mass is 16.5. The molecule has 2 atom stereocenters. The molecule has 3 N–H and O–H groups in total. The van der Waals surface area contributed by atoms with Crippen LogP contribution in [0, 0.1) is 0 Å². The minimum atomic E-state index is -0.417. The lowest BCUT2D eigenvalue weighted by molar-refractivity contribution is -0.120. The van der Waals surface area contributed by atoms with Gasteiger partial charge >= 0.3 is 6.03 Å². The van der Waals surface area contributed by atoms with E-state index in [0.29, 0.717) is 19.4 Å². The fraction of sp³-hybridized carbons (Fsp3) is 0.529. The maximum absolute atomic E-state index is 12.0. The number of nitrogens with one attached hydrogen (secondary N) is 3. The molecule has 23 heavy (non-hydrogen) atoms. The van der Waals surface area contributed by atoms with E-state index in [1.54, 1.807) is 0 Å². The molecule has 6 nitrogen and oxygen atoms in total. The van der Waals surface area contributed by atoms with Gasteiger partial charge in [-0.3, -0.25) is 10.1 Å². The summed E-state index contributed by atoms with van der Waals surface area (Å²) in [4.78, 5) is 23.9. The molecule has 2 aliphatic rings. The number of urea groups is 1. The summed E-state index contributed by atoms with van der Waals surface area (Å²) in [6.45, 7) is 2.29. The maximum atomic E-state index is 12.0. The number of carbonyl (C=O) groups excluding carboxylic acids is 2. The Bertz CT molecular complexity index is 570. The van der Waals surface area contributed by atoms with Crippen molar-refractivity contribution in [3.63, 3.8) is 0 Å². The van der Waals surface area contributed by atoms with Gasteiger partial charge in [0.2, 0.25) is 5.91 Å². The zero-order valence-electron chi connectivity index (χ0n) is 13.1. The number of benzene rings is 1. The van der Waals surface area contributed by atoms with Crippen molar-refractivity contribution in [3.05, 3.63) is 35.4 Å². The van der Waals surface area contributed by atoms with Crippen molar-refractivity contribution < 1.29 is 14.3 Å². The van der Waals surface area contributed by atoms with Crippen LogP contribution >= 0.6 is 0 Å². The van der Waals surface area contributed by atoms with Gasteiger partial charge in [0.15, 0.2) is 0 Å². The molecular weight excluding hydrogens is 294 g/mol. The summed E-state index contributed by atoms with van der Waals surface area (Å²) in [7, 11) is 0.